The van der Waals surface area contributed by atoms with Crippen LogP contribution in [0.25, 0.3) is 0 Å². The van der Waals surface area contributed by atoms with Crippen LogP contribution >= 0.6 is 0 Å². The number of carbonyl (C=O) groups excluding carboxylic acids is 1. The molecule has 0 amide bonds. The van der Waals surface area contributed by atoms with E-state index in [1.54, 1.807) is 0 Å². The molecule has 0 aliphatic rings. The summed E-state index contributed by atoms with van der Waals surface area (Å²) in [4.78, 5) is 20.3. The van der Waals surface area contributed by atoms with Crippen molar-refractivity contribution in [1.29, 1.82) is 0 Å². The molecular weight excluding hydrogens is 278 g/mol. The maximum atomic E-state index is 11.1. The van der Waals surface area contributed by atoms with E-state index in [0.29, 0.717) is 0 Å². The minimum absolute atomic E-state index is 0.0941. The molecule has 1 rings (SSSR count). The van der Waals surface area contributed by atoms with Crippen molar-refractivity contribution in [3.8, 4) is 5.75 Å². The van der Waals surface area contributed by atoms with Crippen LogP contribution in [0, 0.1) is 10.1 Å². The number of sulfone groups is 1. The normalized spacial score (nSPS) is 11.0. The molecule has 0 atom stereocenters. The number of hydrogen-bond donors (Lipinski definition) is 0. The Hall–Kier alpha value is -2.16. The van der Waals surface area contributed by atoms with Gasteiger partial charge < -0.3 is 14.6 Å². The molecule has 104 valence electrons. The van der Waals surface area contributed by atoms with Gasteiger partial charge in [-0.05, 0) is 18.1 Å². The second-order valence-corrected chi connectivity index (χ2v) is 6.04. The Morgan fingerprint density at radius 1 is 1.42 bits per heavy atom. The van der Waals surface area contributed by atoms with Crippen molar-refractivity contribution < 1.29 is 28.0 Å². The molecule has 0 aliphatic carbocycles. The summed E-state index contributed by atoms with van der Waals surface area (Å²) in [5.74, 6) is -0.452. The summed E-state index contributed by atoms with van der Waals surface area (Å²) in [5, 5.41) is 21.0. The quantitative estimate of drug-likeness (QED) is 0.320. The first-order chi connectivity index (χ1) is 8.69. The predicted octanol–water partition coefficient (Wildman–Crippen LogP) is -0.0960. The van der Waals surface area contributed by atoms with Gasteiger partial charge in [0.25, 0.3) is 11.8 Å². The van der Waals surface area contributed by atoms with E-state index in [1.165, 1.54) is 0 Å². The lowest BCUT2D eigenvalue weighted by Gasteiger charge is -2.13. The third kappa shape index (κ3) is 4.92. The summed E-state index contributed by atoms with van der Waals surface area (Å²) in [6.07, 6.45) is -0.915. The fraction of sp³-hybridized carbons (Fsp3) is 0.300. The second kappa shape index (κ2) is 5.65. The van der Waals surface area contributed by atoms with Crippen LogP contribution in [0.15, 0.2) is 18.2 Å². The molecule has 0 saturated heterocycles. The molecule has 1 aromatic rings. The zero-order valence-corrected chi connectivity index (χ0v) is 10.7. The van der Waals surface area contributed by atoms with E-state index in [0.717, 1.165) is 24.5 Å². The van der Waals surface area contributed by atoms with Crippen molar-refractivity contribution >= 4 is 21.7 Å². The van der Waals surface area contributed by atoms with Gasteiger partial charge in [-0.1, -0.05) is 0 Å². The number of hydrogen-bond acceptors (Lipinski definition) is 7. The Labute approximate surface area is 108 Å². The summed E-state index contributed by atoms with van der Waals surface area (Å²) in [6.45, 7) is 0. The second-order valence-electron chi connectivity index (χ2n) is 3.78. The highest BCUT2D eigenvalue weighted by molar-refractivity contribution is 7.90. The number of ether oxygens (including phenoxy) is 1. The number of nitrogens with zero attached hydrogens (tertiary/aromatic N) is 1. The third-order valence-corrected chi connectivity index (χ3v) is 3.14. The van der Waals surface area contributed by atoms with E-state index in [1.807, 2.05) is 0 Å². The minimum Gasteiger partial charge on any atom is -0.514 e. The number of non-ortho nitro benzene ring substituents is 1. The van der Waals surface area contributed by atoms with Crippen molar-refractivity contribution in [1.82, 2.24) is 0 Å². The number of carbonyl (C=O) groups is 1. The van der Waals surface area contributed by atoms with E-state index in [4.69, 9.17) is 0 Å². The average Bonchev–Trinajstić information content (AvgIpc) is 2.25. The van der Waals surface area contributed by atoms with E-state index in [9.17, 15) is 28.4 Å². The Morgan fingerprint density at radius 3 is 2.53 bits per heavy atom. The Balaban J connectivity index is 3.10. The number of aryl methyl sites for hydroxylation is 1. The van der Waals surface area contributed by atoms with Crippen LogP contribution in [0.4, 0.5) is 10.5 Å². The highest BCUT2D eigenvalue weighted by Gasteiger charge is 2.12. The van der Waals surface area contributed by atoms with Gasteiger partial charge in [0.1, 0.15) is 9.84 Å². The van der Waals surface area contributed by atoms with Crippen LogP contribution in [-0.2, 0) is 16.3 Å². The van der Waals surface area contributed by atoms with Crippen molar-refractivity contribution in [3.63, 3.8) is 0 Å². The highest BCUT2D eigenvalue weighted by Crippen LogP contribution is 2.25. The van der Waals surface area contributed by atoms with Crippen LogP contribution < -0.4 is 9.84 Å². The SMILES string of the molecule is CS(=O)(=O)CCc1cc([N+](=O)[O-])ccc1OC(=O)[O-]. The van der Waals surface area contributed by atoms with Gasteiger partial charge in [-0.15, -0.1) is 0 Å². The van der Waals surface area contributed by atoms with Gasteiger partial charge in [0, 0.05) is 18.4 Å². The van der Waals surface area contributed by atoms with Crippen LogP contribution in [0.2, 0.25) is 0 Å². The first-order valence-corrected chi connectivity index (χ1v) is 7.09. The van der Waals surface area contributed by atoms with Gasteiger partial charge in [-0.25, -0.2) is 8.42 Å². The standard InChI is InChI=1S/C10H11NO7S/c1-19(16,17)5-4-7-6-8(11(14)15)2-3-9(7)18-10(12)13/h2-3,6H,4-5H2,1H3,(H,12,13)/p-1. The molecule has 0 aromatic heterocycles. The van der Waals surface area contributed by atoms with E-state index in [-0.39, 0.29) is 29.2 Å². The molecule has 0 unspecified atom stereocenters. The number of nitro groups is 1. The molecular formula is C10H10NO7S-. The molecule has 8 nitrogen and oxygen atoms in total. The van der Waals surface area contributed by atoms with Gasteiger partial charge in [-0.3, -0.25) is 10.1 Å². The Morgan fingerprint density at radius 2 is 2.05 bits per heavy atom. The van der Waals surface area contributed by atoms with Crippen molar-refractivity contribution in [3.05, 3.63) is 33.9 Å². The van der Waals surface area contributed by atoms with Gasteiger partial charge >= 0.3 is 0 Å². The lowest BCUT2D eigenvalue weighted by molar-refractivity contribution is -0.385. The monoisotopic (exact) mass is 288 g/mol. The fourth-order valence-corrected chi connectivity index (χ4v) is 1.95. The molecule has 0 saturated carbocycles. The van der Waals surface area contributed by atoms with Gasteiger partial charge in [0.2, 0.25) is 0 Å². The summed E-state index contributed by atoms with van der Waals surface area (Å²) in [7, 11) is -3.29. The first-order valence-electron chi connectivity index (χ1n) is 5.03. The summed E-state index contributed by atoms with van der Waals surface area (Å²) < 4.78 is 26.4. The zero-order chi connectivity index (χ0) is 14.6. The number of nitro benzene ring substituents is 1. The zero-order valence-electron chi connectivity index (χ0n) is 9.86. The number of benzene rings is 1. The minimum atomic E-state index is -3.29. The van der Waals surface area contributed by atoms with Crippen molar-refractivity contribution in [2.75, 3.05) is 12.0 Å². The number of rotatable bonds is 5. The molecule has 0 aliphatic heterocycles. The maximum absolute atomic E-state index is 11.1. The van der Waals surface area contributed by atoms with E-state index >= 15 is 0 Å². The smallest absolute Gasteiger partial charge is 0.269 e. The van der Waals surface area contributed by atoms with Crippen molar-refractivity contribution in [2.24, 2.45) is 0 Å². The average molecular weight is 288 g/mol. The van der Waals surface area contributed by atoms with Gasteiger partial charge in [-0.2, -0.15) is 0 Å². The van der Waals surface area contributed by atoms with Crippen LogP contribution in [0.3, 0.4) is 0 Å². The lowest BCUT2D eigenvalue weighted by Crippen LogP contribution is -2.27. The van der Waals surface area contributed by atoms with Crippen molar-refractivity contribution in [2.45, 2.75) is 6.42 Å². The molecule has 0 heterocycles. The maximum Gasteiger partial charge on any atom is 0.269 e. The Bertz CT molecular complexity index is 608. The first kappa shape index (κ1) is 14.9. The third-order valence-electron chi connectivity index (χ3n) is 2.19. The molecule has 0 spiro atoms. The topological polar surface area (TPSA) is 127 Å². The van der Waals surface area contributed by atoms with Crippen LogP contribution in [0.1, 0.15) is 5.56 Å². The molecule has 0 radical (unpaired) electrons. The summed E-state index contributed by atoms with van der Waals surface area (Å²) in [6, 6.07) is 3.22. The van der Waals surface area contributed by atoms with E-state index < -0.39 is 20.9 Å². The highest BCUT2D eigenvalue weighted by atomic mass is 32.2. The lowest BCUT2D eigenvalue weighted by atomic mass is 10.1. The van der Waals surface area contributed by atoms with Crippen LogP contribution in [-0.4, -0.2) is 31.5 Å². The summed E-state index contributed by atoms with van der Waals surface area (Å²) >= 11 is 0. The van der Waals surface area contributed by atoms with Gasteiger partial charge in [0.15, 0.2) is 0 Å². The van der Waals surface area contributed by atoms with Gasteiger partial charge in [0.05, 0.1) is 16.4 Å². The fourth-order valence-electron chi connectivity index (χ4n) is 1.36. The molecule has 0 fully saturated rings. The van der Waals surface area contributed by atoms with Crippen LogP contribution in [0.5, 0.6) is 5.75 Å². The molecule has 1 aromatic carbocycles. The Kier molecular flexibility index (Phi) is 4.43. The molecule has 9 heteroatoms. The number of carboxylic acid groups (broad SMARTS) is 1. The molecule has 0 bridgehead atoms. The molecule has 19 heavy (non-hydrogen) atoms. The predicted molar refractivity (Wildman–Crippen MR) is 62.5 cm³/mol. The molecule has 0 N–H and O–H groups in total. The largest absolute Gasteiger partial charge is 0.514 e. The van der Waals surface area contributed by atoms with E-state index in [2.05, 4.69) is 4.74 Å². The summed E-state index contributed by atoms with van der Waals surface area (Å²) in [5.41, 5.74) is -0.168.